The Hall–Kier alpha value is -4.11. The molecule has 0 aliphatic heterocycles. The maximum Gasteiger partial charge on any atom is 0.356 e. The molecular formula is C27H28N2O7. The van der Waals surface area contributed by atoms with E-state index in [2.05, 4.69) is 4.98 Å². The van der Waals surface area contributed by atoms with Gasteiger partial charge >= 0.3 is 5.97 Å². The number of aliphatic hydroxyl groups is 1. The highest BCUT2D eigenvalue weighted by Crippen LogP contribution is 2.43. The van der Waals surface area contributed by atoms with Gasteiger partial charge in [0.25, 0.3) is 0 Å². The number of carbonyl (C=O) groups excluding carboxylic acids is 1. The number of aryl methyl sites for hydroxylation is 1. The van der Waals surface area contributed by atoms with Crippen LogP contribution in [0.25, 0.3) is 32.9 Å². The van der Waals surface area contributed by atoms with Crippen LogP contribution in [0.3, 0.4) is 0 Å². The second-order valence-corrected chi connectivity index (χ2v) is 8.15. The maximum absolute atomic E-state index is 12.5. The number of rotatable bonds is 7. The predicted octanol–water partition coefficient (Wildman–Crippen LogP) is 4.38. The SMILES string of the molecule is COC(=O)c1cc2c(OC)c(C)c(OC)cc2c(-c2cc3cc(C)c(OC)c(OC)c3c(CO)n2)n1. The van der Waals surface area contributed by atoms with E-state index in [1.165, 1.54) is 7.11 Å². The molecular weight excluding hydrogens is 464 g/mol. The molecule has 0 saturated heterocycles. The summed E-state index contributed by atoms with van der Waals surface area (Å²) in [6.07, 6.45) is 0. The Kier molecular flexibility index (Phi) is 6.85. The van der Waals surface area contributed by atoms with Crippen LogP contribution in [0.1, 0.15) is 27.3 Å². The Morgan fingerprint density at radius 1 is 0.833 bits per heavy atom. The van der Waals surface area contributed by atoms with Gasteiger partial charge in [-0.15, -0.1) is 0 Å². The average Bonchev–Trinajstić information content (AvgIpc) is 2.89. The number of benzene rings is 2. The van der Waals surface area contributed by atoms with Crippen LogP contribution in [0, 0.1) is 13.8 Å². The van der Waals surface area contributed by atoms with E-state index in [1.807, 2.05) is 32.0 Å². The van der Waals surface area contributed by atoms with Crippen LogP contribution in [0.15, 0.2) is 24.3 Å². The van der Waals surface area contributed by atoms with Crippen LogP contribution in [-0.4, -0.2) is 56.6 Å². The summed E-state index contributed by atoms with van der Waals surface area (Å²) in [7, 11) is 7.53. The van der Waals surface area contributed by atoms with Gasteiger partial charge < -0.3 is 28.8 Å². The maximum atomic E-state index is 12.5. The molecule has 2 aromatic carbocycles. The van der Waals surface area contributed by atoms with Gasteiger partial charge in [-0.3, -0.25) is 0 Å². The van der Waals surface area contributed by atoms with Gasteiger partial charge in [-0.1, -0.05) is 0 Å². The van der Waals surface area contributed by atoms with Crippen LogP contribution < -0.4 is 18.9 Å². The number of esters is 1. The number of aliphatic hydroxyl groups excluding tert-OH is 1. The summed E-state index contributed by atoms with van der Waals surface area (Å²) in [6.45, 7) is 3.42. The van der Waals surface area contributed by atoms with E-state index in [4.69, 9.17) is 28.7 Å². The minimum Gasteiger partial charge on any atom is -0.496 e. The number of hydrogen-bond acceptors (Lipinski definition) is 9. The highest BCUT2D eigenvalue weighted by atomic mass is 16.5. The number of ether oxygens (including phenoxy) is 5. The standard InChI is InChI=1S/C27H28N2O7/c1-13-8-15-9-18(28-20(12-30)22(15)26(35-6)24(13)33-4)23-16-11-21(32-3)14(2)25(34-5)17(16)10-19(29-23)27(31)36-7/h8-11,30H,12H2,1-7H3. The molecule has 0 amide bonds. The van der Waals surface area contributed by atoms with Crippen molar-refractivity contribution in [3.05, 3.63) is 46.8 Å². The molecule has 4 aromatic rings. The normalized spacial score (nSPS) is 11.0. The molecule has 4 rings (SSSR count). The molecule has 0 spiro atoms. The van der Waals surface area contributed by atoms with Crippen LogP contribution in [-0.2, 0) is 11.3 Å². The van der Waals surface area contributed by atoms with E-state index < -0.39 is 5.97 Å². The molecule has 2 aromatic heterocycles. The molecule has 36 heavy (non-hydrogen) atoms. The van der Waals surface area contributed by atoms with E-state index >= 15 is 0 Å². The largest absolute Gasteiger partial charge is 0.496 e. The molecule has 0 radical (unpaired) electrons. The van der Waals surface area contributed by atoms with E-state index in [0.717, 1.165) is 16.5 Å². The molecule has 0 saturated carbocycles. The fraction of sp³-hybridized carbons (Fsp3) is 0.296. The van der Waals surface area contributed by atoms with Crippen molar-refractivity contribution in [2.24, 2.45) is 0 Å². The lowest BCUT2D eigenvalue weighted by Crippen LogP contribution is -2.07. The summed E-state index contributed by atoms with van der Waals surface area (Å²) in [4.78, 5) is 21.9. The van der Waals surface area contributed by atoms with Gasteiger partial charge in [0.15, 0.2) is 11.5 Å². The van der Waals surface area contributed by atoms with E-state index in [1.54, 1.807) is 34.5 Å². The van der Waals surface area contributed by atoms with Crippen LogP contribution in [0.2, 0.25) is 0 Å². The lowest BCUT2D eigenvalue weighted by Gasteiger charge is -2.18. The van der Waals surface area contributed by atoms with E-state index in [0.29, 0.717) is 56.2 Å². The molecule has 9 heteroatoms. The molecule has 2 heterocycles. The van der Waals surface area contributed by atoms with Gasteiger partial charge in [0.05, 0.1) is 64.6 Å². The summed E-state index contributed by atoms with van der Waals surface area (Å²) >= 11 is 0. The highest BCUT2D eigenvalue weighted by molar-refractivity contribution is 6.05. The Morgan fingerprint density at radius 3 is 2.11 bits per heavy atom. The Morgan fingerprint density at radius 2 is 1.53 bits per heavy atom. The molecule has 0 aliphatic carbocycles. The van der Waals surface area contributed by atoms with Gasteiger partial charge in [0.1, 0.15) is 17.2 Å². The molecule has 1 N–H and O–H groups in total. The minimum absolute atomic E-state index is 0.0961. The first-order chi connectivity index (χ1) is 17.3. The Labute approximate surface area is 208 Å². The first kappa shape index (κ1) is 25.0. The second-order valence-electron chi connectivity index (χ2n) is 8.15. The van der Waals surface area contributed by atoms with Crippen molar-refractivity contribution in [3.63, 3.8) is 0 Å². The van der Waals surface area contributed by atoms with Crippen molar-refractivity contribution >= 4 is 27.5 Å². The average molecular weight is 493 g/mol. The molecule has 188 valence electrons. The second kappa shape index (κ2) is 9.87. The minimum atomic E-state index is -0.598. The van der Waals surface area contributed by atoms with Crippen LogP contribution >= 0.6 is 0 Å². The summed E-state index contributed by atoms with van der Waals surface area (Å²) in [5.41, 5.74) is 2.95. The Bertz CT molecular complexity index is 1500. The fourth-order valence-electron chi connectivity index (χ4n) is 4.59. The number of hydrogen-bond donors (Lipinski definition) is 1. The predicted molar refractivity (Wildman–Crippen MR) is 135 cm³/mol. The quantitative estimate of drug-likeness (QED) is 0.376. The number of aromatic nitrogens is 2. The third-order valence-corrected chi connectivity index (χ3v) is 6.20. The zero-order chi connectivity index (χ0) is 26.1. The van der Waals surface area contributed by atoms with Crippen molar-refractivity contribution in [3.8, 4) is 34.4 Å². The number of pyridine rings is 2. The number of fused-ring (bicyclic) bond motifs is 2. The monoisotopic (exact) mass is 492 g/mol. The van der Waals surface area contributed by atoms with Crippen molar-refractivity contribution in [1.82, 2.24) is 9.97 Å². The molecule has 0 aliphatic rings. The van der Waals surface area contributed by atoms with Gasteiger partial charge in [0.2, 0.25) is 0 Å². The molecule has 0 fully saturated rings. The first-order valence-corrected chi connectivity index (χ1v) is 11.1. The van der Waals surface area contributed by atoms with E-state index in [-0.39, 0.29) is 12.3 Å². The Balaban J connectivity index is 2.16. The van der Waals surface area contributed by atoms with Gasteiger partial charge in [-0.25, -0.2) is 14.8 Å². The van der Waals surface area contributed by atoms with E-state index in [9.17, 15) is 9.90 Å². The highest BCUT2D eigenvalue weighted by Gasteiger charge is 2.23. The lowest BCUT2D eigenvalue weighted by molar-refractivity contribution is 0.0594. The third kappa shape index (κ3) is 3.91. The summed E-state index contributed by atoms with van der Waals surface area (Å²) in [5.74, 6) is 1.59. The van der Waals surface area contributed by atoms with Crippen molar-refractivity contribution < 1.29 is 33.6 Å². The van der Waals surface area contributed by atoms with Gasteiger partial charge in [0, 0.05) is 16.3 Å². The molecule has 0 bridgehead atoms. The van der Waals surface area contributed by atoms with Crippen molar-refractivity contribution in [2.45, 2.75) is 20.5 Å². The molecule has 0 atom stereocenters. The lowest BCUT2D eigenvalue weighted by atomic mass is 9.98. The van der Waals surface area contributed by atoms with Crippen LogP contribution in [0.4, 0.5) is 0 Å². The fourth-order valence-corrected chi connectivity index (χ4v) is 4.59. The van der Waals surface area contributed by atoms with Gasteiger partial charge in [-0.2, -0.15) is 0 Å². The summed E-state index contributed by atoms with van der Waals surface area (Å²) in [5, 5.41) is 13.0. The third-order valence-electron chi connectivity index (χ3n) is 6.20. The summed E-state index contributed by atoms with van der Waals surface area (Å²) < 4.78 is 27.4. The van der Waals surface area contributed by atoms with Crippen LogP contribution in [0.5, 0.6) is 23.0 Å². The smallest absolute Gasteiger partial charge is 0.356 e. The molecule has 9 nitrogen and oxygen atoms in total. The van der Waals surface area contributed by atoms with Crippen molar-refractivity contribution in [2.75, 3.05) is 35.5 Å². The zero-order valence-electron chi connectivity index (χ0n) is 21.3. The molecule has 0 unspecified atom stereocenters. The van der Waals surface area contributed by atoms with Crippen molar-refractivity contribution in [1.29, 1.82) is 0 Å². The number of nitrogens with zero attached hydrogens (tertiary/aromatic N) is 2. The zero-order valence-corrected chi connectivity index (χ0v) is 21.3. The summed E-state index contributed by atoms with van der Waals surface area (Å²) in [6, 6.07) is 7.23. The number of methoxy groups -OCH3 is 5. The van der Waals surface area contributed by atoms with Gasteiger partial charge in [-0.05, 0) is 49.1 Å². The number of carbonyl (C=O) groups is 1. The topological polar surface area (TPSA) is 109 Å². The first-order valence-electron chi connectivity index (χ1n) is 11.1.